The summed E-state index contributed by atoms with van der Waals surface area (Å²) in [6, 6.07) is 4.17. The first-order chi connectivity index (χ1) is 17.2. The largest absolute Gasteiger partial charge is 0.496 e. The van der Waals surface area contributed by atoms with E-state index in [0.29, 0.717) is 13.2 Å². The number of rotatable bonds is 5. The number of aryl methyl sites for hydroxylation is 1. The summed E-state index contributed by atoms with van der Waals surface area (Å²) in [7, 11) is 1.66. The van der Waals surface area contributed by atoms with Crippen LogP contribution in [0.15, 0.2) is 18.3 Å². The fourth-order valence-electron chi connectivity index (χ4n) is 4.59. The molecular formula is C28H42N4O4. The second-order valence-electron chi connectivity index (χ2n) is 9.88. The Morgan fingerprint density at radius 1 is 1.19 bits per heavy atom. The molecule has 0 aliphatic carbocycles. The van der Waals surface area contributed by atoms with Gasteiger partial charge in [0.05, 0.1) is 38.2 Å². The molecule has 1 fully saturated rings. The Kier molecular flexibility index (Phi) is 9.06. The maximum Gasteiger partial charge on any atom is 0.415 e. The average Bonchev–Trinajstić information content (AvgIpc) is 3.33. The fraction of sp³-hybridized carbons (Fsp3) is 0.571. The van der Waals surface area contributed by atoms with Crippen molar-refractivity contribution in [3.05, 3.63) is 40.7 Å². The standard InChI is InChI=1S/C26H36N4O4.C2H6/c1-17-15-28-22(18(2)24(17)32-6)16-30(25(31)34-26(3,4)5)19-13-21-20(7-8-27-21)23(14-19)29-9-11-33-12-10-29;1-2/h13-15,27H,7-12,16H2,1-6H3;1-2H3. The van der Waals surface area contributed by atoms with Crippen LogP contribution < -0.4 is 19.9 Å². The third-order valence-electron chi connectivity index (χ3n) is 6.24. The predicted molar refractivity (Wildman–Crippen MR) is 146 cm³/mol. The van der Waals surface area contributed by atoms with E-state index in [1.54, 1.807) is 18.2 Å². The smallest absolute Gasteiger partial charge is 0.415 e. The van der Waals surface area contributed by atoms with E-state index in [1.807, 2.05) is 48.5 Å². The number of carbonyl (C=O) groups excluding carboxylic acids is 1. The highest BCUT2D eigenvalue weighted by Gasteiger charge is 2.29. The van der Waals surface area contributed by atoms with E-state index in [-0.39, 0.29) is 6.54 Å². The lowest BCUT2D eigenvalue weighted by Crippen LogP contribution is -2.38. The van der Waals surface area contributed by atoms with Crippen LogP contribution in [0.2, 0.25) is 0 Å². The van der Waals surface area contributed by atoms with Crippen molar-refractivity contribution in [1.82, 2.24) is 4.98 Å². The maximum atomic E-state index is 13.5. The number of ether oxygens (including phenoxy) is 3. The summed E-state index contributed by atoms with van der Waals surface area (Å²) in [5, 5.41) is 3.49. The summed E-state index contributed by atoms with van der Waals surface area (Å²) < 4.78 is 17.0. The van der Waals surface area contributed by atoms with Gasteiger partial charge in [0.15, 0.2) is 0 Å². The summed E-state index contributed by atoms with van der Waals surface area (Å²) in [4.78, 5) is 22.1. The van der Waals surface area contributed by atoms with E-state index in [2.05, 4.69) is 27.3 Å². The Morgan fingerprint density at radius 2 is 1.89 bits per heavy atom. The van der Waals surface area contributed by atoms with Crippen LogP contribution in [0, 0.1) is 13.8 Å². The molecule has 2 aliphatic heterocycles. The molecule has 4 rings (SSSR count). The molecule has 1 amide bonds. The maximum absolute atomic E-state index is 13.5. The topological polar surface area (TPSA) is 76.2 Å². The van der Waals surface area contributed by atoms with Gasteiger partial charge >= 0.3 is 6.09 Å². The van der Waals surface area contributed by atoms with E-state index < -0.39 is 11.7 Å². The number of nitrogens with one attached hydrogen (secondary N) is 1. The highest BCUT2D eigenvalue weighted by Crippen LogP contribution is 2.38. The minimum atomic E-state index is -0.620. The quantitative estimate of drug-likeness (QED) is 0.585. The van der Waals surface area contributed by atoms with Gasteiger partial charge in [0.1, 0.15) is 11.4 Å². The van der Waals surface area contributed by atoms with Gasteiger partial charge in [-0.1, -0.05) is 13.8 Å². The summed E-state index contributed by atoms with van der Waals surface area (Å²) >= 11 is 0. The lowest BCUT2D eigenvalue weighted by molar-refractivity contribution is 0.0577. The highest BCUT2D eigenvalue weighted by molar-refractivity contribution is 5.91. The van der Waals surface area contributed by atoms with Crippen LogP contribution in [-0.2, 0) is 22.4 Å². The van der Waals surface area contributed by atoms with E-state index in [0.717, 1.165) is 65.7 Å². The van der Waals surface area contributed by atoms with Crippen LogP contribution >= 0.6 is 0 Å². The molecular weight excluding hydrogens is 456 g/mol. The predicted octanol–water partition coefficient (Wildman–Crippen LogP) is 5.48. The lowest BCUT2D eigenvalue weighted by Gasteiger charge is -2.33. The monoisotopic (exact) mass is 498 g/mol. The van der Waals surface area contributed by atoms with Crippen molar-refractivity contribution in [3.63, 3.8) is 0 Å². The molecule has 2 aliphatic rings. The zero-order chi connectivity index (χ0) is 26.5. The molecule has 1 saturated heterocycles. The van der Waals surface area contributed by atoms with E-state index in [1.165, 1.54) is 5.56 Å². The summed E-state index contributed by atoms with van der Waals surface area (Å²) in [6.45, 7) is 17.8. The zero-order valence-electron chi connectivity index (χ0n) is 23.2. The Bertz CT molecular complexity index is 1060. The number of anilines is 3. The van der Waals surface area contributed by atoms with Crippen LogP contribution in [0.4, 0.5) is 21.9 Å². The van der Waals surface area contributed by atoms with Gasteiger partial charge in [-0.2, -0.15) is 0 Å². The fourth-order valence-corrected chi connectivity index (χ4v) is 4.59. The number of carbonyl (C=O) groups is 1. The molecule has 2 aromatic rings. The first kappa shape index (κ1) is 27.6. The third-order valence-corrected chi connectivity index (χ3v) is 6.24. The van der Waals surface area contributed by atoms with E-state index >= 15 is 0 Å². The number of methoxy groups -OCH3 is 1. The summed E-state index contributed by atoms with van der Waals surface area (Å²) in [5.41, 5.74) is 6.33. The van der Waals surface area contributed by atoms with Gasteiger partial charge < -0.3 is 24.4 Å². The molecule has 198 valence electrons. The zero-order valence-corrected chi connectivity index (χ0v) is 23.2. The Balaban J connectivity index is 0.00000176. The number of hydrogen-bond donors (Lipinski definition) is 1. The number of aromatic nitrogens is 1. The van der Waals surface area contributed by atoms with Crippen LogP contribution in [-0.4, -0.2) is 56.6 Å². The van der Waals surface area contributed by atoms with Crippen LogP contribution in [0.1, 0.15) is 57.0 Å². The number of pyridine rings is 1. The molecule has 8 nitrogen and oxygen atoms in total. The van der Waals surface area contributed by atoms with E-state index in [9.17, 15) is 4.79 Å². The second-order valence-corrected chi connectivity index (χ2v) is 9.88. The number of fused-ring (bicyclic) bond motifs is 1. The van der Waals surface area contributed by atoms with Gasteiger partial charge in [-0.15, -0.1) is 0 Å². The van der Waals surface area contributed by atoms with Crippen LogP contribution in [0.5, 0.6) is 5.75 Å². The SMILES string of the molecule is CC.COc1c(C)cnc(CN(C(=O)OC(C)(C)C)c2cc3c(c(N4CCOCC4)c2)CCN3)c1C. The molecule has 0 radical (unpaired) electrons. The molecule has 1 N–H and O–H groups in total. The summed E-state index contributed by atoms with van der Waals surface area (Å²) in [5.74, 6) is 0.791. The summed E-state index contributed by atoms with van der Waals surface area (Å²) in [6.07, 6.45) is 2.35. The molecule has 1 aromatic heterocycles. The van der Waals surface area contributed by atoms with Crippen molar-refractivity contribution < 1.29 is 19.0 Å². The van der Waals surface area contributed by atoms with Gasteiger partial charge in [0, 0.05) is 53.9 Å². The average molecular weight is 499 g/mol. The van der Waals surface area contributed by atoms with Crippen molar-refractivity contribution in [3.8, 4) is 5.75 Å². The molecule has 0 spiro atoms. The van der Waals surface area contributed by atoms with Gasteiger partial charge in [-0.05, 0) is 53.2 Å². The highest BCUT2D eigenvalue weighted by atomic mass is 16.6. The normalized spacial score (nSPS) is 14.8. The molecule has 0 atom stereocenters. The number of nitrogens with zero attached hydrogens (tertiary/aromatic N) is 3. The van der Waals surface area contributed by atoms with Crippen molar-refractivity contribution in [2.24, 2.45) is 0 Å². The van der Waals surface area contributed by atoms with Gasteiger partial charge in [0.25, 0.3) is 0 Å². The minimum absolute atomic E-state index is 0.277. The molecule has 36 heavy (non-hydrogen) atoms. The molecule has 0 bridgehead atoms. The molecule has 8 heteroatoms. The molecule has 3 heterocycles. The van der Waals surface area contributed by atoms with Gasteiger partial charge in [0.2, 0.25) is 0 Å². The first-order valence-electron chi connectivity index (χ1n) is 12.9. The Labute approximate surface area is 215 Å². The Morgan fingerprint density at radius 3 is 2.53 bits per heavy atom. The molecule has 0 saturated carbocycles. The van der Waals surface area contributed by atoms with Gasteiger partial charge in [-0.25, -0.2) is 4.79 Å². The van der Waals surface area contributed by atoms with Crippen molar-refractivity contribution in [2.75, 3.05) is 55.1 Å². The first-order valence-corrected chi connectivity index (χ1v) is 12.9. The molecule has 1 aromatic carbocycles. The van der Waals surface area contributed by atoms with Crippen molar-refractivity contribution in [2.45, 2.75) is 67.0 Å². The lowest BCUT2D eigenvalue weighted by atomic mass is 10.1. The number of amides is 1. The number of hydrogen-bond acceptors (Lipinski definition) is 7. The minimum Gasteiger partial charge on any atom is -0.496 e. The van der Waals surface area contributed by atoms with Crippen molar-refractivity contribution >= 4 is 23.2 Å². The van der Waals surface area contributed by atoms with E-state index in [4.69, 9.17) is 14.2 Å². The molecule has 0 unspecified atom stereocenters. The second kappa shape index (κ2) is 11.8. The van der Waals surface area contributed by atoms with Crippen LogP contribution in [0.3, 0.4) is 0 Å². The van der Waals surface area contributed by atoms with Crippen molar-refractivity contribution in [1.29, 1.82) is 0 Å². The van der Waals surface area contributed by atoms with Gasteiger partial charge in [-0.3, -0.25) is 9.88 Å². The number of benzene rings is 1. The van der Waals surface area contributed by atoms with Crippen LogP contribution in [0.25, 0.3) is 0 Å². The third kappa shape index (κ3) is 6.22. The Hall–Kier alpha value is -3.00. The number of morpholine rings is 1.